The molecular weight excluding hydrogens is 301 g/mol. The van der Waals surface area contributed by atoms with E-state index >= 15 is 0 Å². The van der Waals surface area contributed by atoms with Crippen molar-refractivity contribution < 1.29 is 14.7 Å². The van der Waals surface area contributed by atoms with E-state index in [0.717, 1.165) is 0 Å². The maximum Gasteiger partial charge on any atom is 0.306 e. The van der Waals surface area contributed by atoms with Crippen LogP contribution >= 0.6 is 23.2 Å². The van der Waals surface area contributed by atoms with Gasteiger partial charge in [0.05, 0.1) is 5.92 Å². The number of hydrogen-bond acceptors (Lipinski definition) is 2. The van der Waals surface area contributed by atoms with Gasteiger partial charge in [0.25, 0.3) is 5.91 Å². The second-order valence-corrected chi connectivity index (χ2v) is 5.89. The van der Waals surface area contributed by atoms with Gasteiger partial charge in [-0.3, -0.25) is 9.59 Å². The molecule has 2 rings (SSSR count). The lowest BCUT2D eigenvalue weighted by Crippen LogP contribution is -2.38. The van der Waals surface area contributed by atoms with Crippen LogP contribution in [0.1, 0.15) is 36.0 Å². The molecule has 0 radical (unpaired) electrons. The molecule has 1 aromatic rings. The second kappa shape index (κ2) is 6.46. The van der Waals surface area contributed by atoms with Gasteiger partial charge in [0.2, 0.25) is 0 Å². The fourth-order valence-electron chi connectivity index (χ4n) is 2.44. The lowest BCUT2D eigenvalue weighted by atomic mass is 9.86. The van der Waals surface area contributed by atoms with Crippen molar-refractivity contribution >= 4 is 35.1 Å². The number of carbonyl (C=O) groups excluding carboxylic acids is 1. The van der Waals surface area contributed by atoms with Gasteiger partial charge < -0.3 is 10.4 Å². The SMILES string of the molecule is O=C(NC1CCC(C(=O)O)CC1)c1cc(Cl)cc(Cl)c1. The van der Waals surface area contributed by atoms with E-state index in [1.807, 2.05) is 0 Å². The van der Waals surface area contributed by atoms with Gasteiger partial charge in [0, 0.05) is 21.7 Å². The average Bonchev–Trinajstić information content (AvgIpc) is 2.38. The van der Waals surface area contributed by atoms with Crippen LogP contribution in [0.4, 0.5) is 0 Å². The number of aliphatic carboxylic acids is 1. The number of carbonyl (C=O) groups is 2. The first-order chi connectivity index (χ1) is 9.45. The summed E-state index contributed by atoms with van der Waals surface area (Å²) in [6.07, 6.45) is 2.54. The monoisotopic (exact) mass is 315 g/mol. The van der Waals surface area contributed by atoms with Gasteiger partial charge in [-0.1, -0.05) is 23.2 Å². The number of nitrogens with one attached hydrogen (secondary N) is 1. The summed E-state index contributed by atoms with van der Waals surface area (Å²) in [4.78, 5) is 23.0. The fraction of sp³-hybridized carbons (Fsp3) is 0.429. The highest BCUT2D eigenvalue weighted by Crippen LogP contribution is 2.25. The van der Waals surface area contributed by atoms with Crippen LogP contribution in [0.15, 0.2) is 18.2 Å². The van der Waals surface area contributed by atoms with Gasteiger partial charge >= 0.3 is 5.97 Å². The maximum absolute atomic E-state index is 12.1. The number of carboxylic acids is 1. The van der Waals surface area contributed by atoms with Gasteiger partial charge in [-0.25, -0.2) is 0 Å². The third-order valence-electron chi connectivity index (χ3n) is 3.54. The van der Waals surface area contributed by atoms with Crippen LogP contribution in [-0.4, -0.2) is 23.0 Å². The lowest BCUT2D eigenvalue weighted by molar-refractivity contribution is -0.142. The Morgan fingerprint density at radius 3 is 2.10 bits per heavy atom. The zero-order chi connectivity index (χ0) is 14.7. The van der Waals surface area contributed by atoms with Gasteiger partial charge in [-0.05, 0) is 43.9 Å². The predicted molar refractivity (Wildman–Crippen MR) is 77.3 cm³/mol. The summed E-state index contributed by atoms with van der Waals surface area (Å²) in [6.45, 7) is 0. The summed E-state index contributed by atoms with van der Waals surface area (Å²) < 4.78 is 0. The van der Waals surface area contributed by atoms with E-state index in [1.165, 1.54) is 0 Å². The van der Waals surface area contributed by atoms with Crippen LogP contribution in [0, 0.1) is 5.92 Å². The van der Waals surface area contributed by atoms with E-state index in [2.05, 4.69) is 5.32 Å². The molecule has 2 N–H and O–H groups in total. The minimum atomic E-state index is -0.753. The molecule has 1 amide bonds. The molecule has 1 saturated carbocycles. The van der Waals surface area contributed by atoms with Gasteiger partial charge in [-0.15, -0.1) is 0 Å². The Hall–Kier alpha value is -1.26. The number of amides is 1. The number of benzene rings is 1. The number of hydrogen-bond donors (Lipinski definition) is 2. The van der Waals surface area contributed by atoms with Crippen molar-refractivity contribution in [3.63, 3.8) is 0 Å². The molecule has 20 heavy (non-hydrogen) atoms. The highest BCUT2D eigenvalue weighted by Gasteiger charge is 2.26. The van der Waals surface area contributed by atoms with E-state index in [4.69, 9.17) is 28.3 Å². The first kappa shape index (κ1) is 15.1. The Labute approximate surface area is 127 Å². The highest BCUT2D eigenvalue weighted by atomic mass is 35.5. The van der Waals surface area contributed by atoms with Crippen LogP contribution in [0.5, 0.6) is 0 Å². The molecule has 6 heteroatoms. The summed E-state index contributed by atoms with van der Waals surface area (Å²) in [5.41, 5.74) is 0.419. The van der Waals surface area contributed by atoms with Crippen LogP contribution < -0.4 is 5.32 Å². The summed E-state index contributed by atoms with van der Waals surface area (Å²) in [5, 5.41) is 12.7. The Morgan fingerprint density at radius 2 is 1.60 bits per heavy atom. The van der Waals surface area contributed by atoms with Crippen LogP contribution in [0.25, 0.3) is 0 Å². The zero-order valence-electron chi connectivity index (χ0n) is 10.7. The standard InChI is InChI=1S/C14H15Cl2NO3/c15-10-5-9(6-11(16)7-10)13(18)17-12-3-1-8(2-4-12)14(19)20/h5-8,12H,1-4H2,(H,17,18)(H,19,20). The molecule has 1 aliphatic carbocycles. The van der Waals surface area contributed by atoms with Crippen molar-refractivity contribution in [3.8, 4) is 0 Å². The average molecular weight is 316 g/mol. The Kier molecular flexibility index (Phi) is 4.89. The minimum absolute atomic E-state index is 0.0101. The first-order valence-electron chi connectivity index (χ1n) is 6.45. The molecule has 0 heterocycles. The first-order valence-corrected chi connectivity index (χ1v) is 7.21. The maximum atomic E-state index is 12.1. The Bertz CT molecular complexity index is 505. The van der Waals surface area contributed by atoms with Gasteiger partial charge in [-0.2, -0.15) is 0 Å². The van der Waals surface area contributed by atoms with Crippen LogP contribution in [0.3, 0.4) is 0 Å². The summed E-state index contributed by atoms with van der Waals surface area (Å²) >= 11 is 11.7. The van der Waals surface area contributed by atoms with Crippen LogP contribution in [0.2, 0.25) is 10.0 Å². The van der Waals surface area contributed by atoms with Crippen molar-refractivity contribution in [3.05, 3.63) is 33.8 Å². The molecule has 4 nitrogen and oxygen atoms in total. The topological polar surface area (TPSA) is 66.4 Å². The fourth-order valence-corrected chi connectivity index (χ4v) is 2.96. The van der Waals surface area contributed by atoms with E-state index < -0.39 is 5.97 Å². The Morgan fingerprint density at radius 1 is 1.05 bits per heavy atom. The van der Waals surface area contributed by atoms with Crippen molar-refractivity contribution in [2.45, 2.75) is 31.7 Å². The smallest absolute Gasteiger partial charge is 0.306 e. The van der Waals surface area contributed by atoms with E-state index in [9.17, 15) is 9.59 Å². The van der Waals surface area contributed by atoms with Gasteiger partial charge in [0.1, 0.15) is 0 Å². The minimum Gasteiger partial charge on any atom is -0.481 e. The number of rotatable bonds is 3. The summed E-state index contributed by atoms with van der Waals surface area (Å²) in [5.74, 6) is -1.27. The Balaban J connectivity index is 1.94. The molecule has 1 aromatic carbocycles. The predicted octanol–water partition coefficient (Wildman–Crippen LogP) is 3.37. The number of halogens is 2. The van der Waals surface area contributed by atoms with Crippen molar-refractivity contribution in [2.24, 2.45) is 5.92 Å². The van der Waals surface area contributed by atoms with Crippen LogP contribution in [-0.2, 0) is 4.79 Å². The molecule has 0 aliphatic heterocycles. The second-order valence-electron chi connectivity index (χ2n) is 5.02. The van der Waals surface area contributed by atoms with Gasteiger partial charge in [0.15, 0.2) is 0 Å². The summed E-state index contributed by atoms with van der Waals surface area (Å²) in [6, 6.07) is 4.70. The summed E-state index contributed by atoms with van der Waals surface area (Å²) in [7, 11) is 0. The molecule has 108 valence electrons. The number of carboxylic acid groups (broad SMARTS) is 1. The third kappa shape index (κ3) is 3.87. The molecule has 0 bridgehead atoms. The highest BCUT2D eigenvalue weighted by molar-refractivity contribution is 6.35. The van der Waals surface area contributed by atoms with E-state index in [1.54, 1.807) is 18.2 Å². The molecule has 0 unspecified atom stereocenters. The van der Waals surface area contributed by atoms with Crippen molar-refractivity contribution in [2.75, 3.05) is 0 Å². The largest absolute Gasteiger partial charge is 0.481 e. The normalized spacial score (nSPS) is 22.3. The quantitative estimate of drug-likeness (QED) is 0.898. The molecule has 0 atom stereocenters. The lowest BCUT2D eigenvalue weighted by Gasteiger charge is -2.26. The zero-order valence-corrected chi connectivity index (χ0v) is 12.2. The third-order valence-corrected chi connectivity index (χ3v) is 3.97. The molecule has 1 aliphatic rings. The van der Waals surface area contributed by atoms with E-state index in [-0.39, 0.29) is 17.9 Å². The molecule has 0 aromatic heterocycles. The van der Waals surface area contributed by atoms with Crippen molar-refractivity contribution in [1.82, 2.24) is 5.32 Å². The van der Waals surface area contributed by atoms with E-state index in [0.29, 0.717) is 41.3 Å². The molecule has 0 saturated heterocycles. The molecule has 0 spiro atoms. The van der Waals surface area contributed by atoms with Crippen molar-refractivity contribution in [1.29, 1.82) is 0 Å². The molecule has 1 fully saturated rings. The molecular formula is C14H15Cl2NO3.